The topological polar surface area (TPSA) is 46.5 Å². The average molecular weight is 248 g/mol. The van der Waals surface area contributed by atoms with Gasteiger partial charge in [0.15, 0.2) is 5.78 Å². The molecule has 3 nitrogen and oxygen atoms in total. The first-order chi connectivity index (χ1) is 8.32. The zero-order valence-corrected chi connectivity index (χ0v) is 11.4. The summed E-state index contributed by atoms with van der Waals surface area (Å²) in [4.78, 5) is 12.0. The Morgan fingerprint density at radius 3 is 2.83 bits per heavy atom. The fourth-order valence-corrected chi connectivity index (χ4v) is 2.64. The van der Waals surface area contributed by atoms with Crippen LogP contribution in [0.4, 0.5) is 0 Å². The van der Waals surface area contributed by atoms with Crippen LogP contribution in [-0.4, -0.2) is 22.6 Å². The van der Waals surface area contributed by atoms with Gasteiger partial charge in [-0.25, -0.2) is 0 Å². The zero-order valence-electron chi connectivity index (χ0n) is 11.4. The third-order valence-corrected chi connectivity index (χ3v) is 3.54. The Hall–Kier alpha value is -1.35. The molecule has 3 atom stereocenters. The van der Waals surface area contributed by atoms with Crippen LogP contribution in [0.15, 0.2) is 35.1 Å². The number of ketones is 1. The lowest BCUT2D eigenvalue weighted by Crippen LogP contribution is -2.41. The summed E-state index contributed by atoms with van der Waals surface area (Å²) < 4.78 is 5.78. The Kier molecular flexibility index (Phi) is 3.20. The number of aliphatic hydroxyl groups is 1. The first-order valence-corrected chi connectivity index (χ1v) is 6.28. The molecule has 0 saturated carbocycles. The standard InChI is InChI=1S/C15H20O3/c1-9(2)5-6-13-15(4,17)14-11(16)7-10(3)8-12(14)18-13/h5-7,12,14,17H,8H2,1-4H3/b13-6+/t12-,14+,15-/m1/s1. The van der Waals surface area contributed by atoms with E-state index in [2.05, 4.69) is 0 Å². The predicted molar refractivity (Wildman–Crippen MR) is 69.9 cm³/mol. The van der Waals surface area contributed by atoms with Crippen LogP contribution < -0.4 is 0 Å². The van der Waals surface area contributed by atoms with E-state index in [-0.39, 0.29) is 11.9 Å². The van der Waals surface area contributed by atoms with E-state index in [1.807, 2.05) is 26.8 Å². The second-order valence-corrected chi connectivity index (χ2v) is 5.65. The van der Waals surface area contributed by atoms with E-state index < -0.39 is 11.5 Å². The van der Waals surface area contributed by atoms with E-state index in [1.165, 1.54) is 0 Å². The molecule has 1 aliphatic heterocycles. The van der Waals surface area contributed by atoms with Gasteiger partial charge in [-0.3, -0.25) is 4.79 Å². The van der Waals surface area contributed by atoms with Gasteiger partial charge >= 0.3 is 0 Å². The molecule has 2 rings (SSSR count). The third kappa shape index (κ3) is 2.15. The molecule has 3 heteroatoms. The van der Waals surface area contributed by atoms with Crippen LogP contribution in [0.3, 0.4) is 0 Å². The van der Waals surface area contributed by atoms with Crippen molar-refractivity contribution in [2.75, 3.05) is 0 Å². The van der Waals surface area contributed by atoms with Crippen molar-refractivity contribution in [1.29, 1.82) is 0 Å². The molecule has 0 bridgehead atoms. The van der Waals surface area contributed by atoms with E-state index in [0.717, 1.165) is 11.1 Å². The van der Waals surface area contributed by atoms with Crippen LogP contribution in [0.1, 0.15) is 34.1 Å². The molecule has 98 valence electrons. The van der Waals surface area contributed by atoms with Gasteiger partial charge in [-0.1, -0.05) is 17.2 Å². The summed E-state index contributed by atoms with van der Waals surface area (Å²) in [7, 11) is 0. The number of ether oxygens (including phenoxy) is 1. The minimum atomic E-state index is -1.20. The largest absolute Gasteiger partial charge is 0.490 e. The number of fused-ring (bicyclic) bond motifs is 1. The van der Waals surface area contributed by atoms with Gasteiger partial charge in [0.1, 0.15) is 17.5 Å². The lowest BCUT2D eigenvalue weighted by molar-refractivity contribution is -0.125. The summed E-state index contributed by atoms with van der Waals surface area (Å²) in [5.74, 6) is -0.0116. The maximum Gasteiger partial charge on any atom is 0.165 e. The molecule has 0 unspecified atom stereocenters. The number of rotatable bonds is 1. The summed E-state index contributed by atoms with van der Waals surface area (Å²) in [6, 6.07) is 0. The van der Waals surface area contributed by atoms with Gasteiger partial charge in [-0.05, 0) is 39.8 Å². The van der Waals surface area contributed by atoms with Crippen LogP contribution in [0.5, 0.6) is 0 Å². The van der Waals surface area contributed by atoms with Gasteiger partial charge in [0.2, 0.25) is 0 Å². The highest BCUT2D eigenvalue weighted by Crippen LogP contribution is 2.44. The number of carbonyl (C=O) groups is 1. The van der Waals surface area contributed by atoms with Gasteiger partial charge in [0.05, 0.1) is 5.92 Å². The molecule has 0 aromatic heterocycles. The summed E-state index contributed by atoms with van der Waals surface area (Å²) in [5.41, 5.74) is 0.933. The third-order valence-electron chi connectivity index (χ3n) is 3.54. The minimum absolute atomic E-state index is 0.0330. The van der Waals surface area contributed by atoms with Crippen molar-refractivity contribution in [3.05, 3.63) is 35.1 Å². The van der Waals surface area contributed by atoms with Crippen molar-refractivity contribution in [3.63, 3.8) is 0 Å². The molecule has 18 heavy (non-hydrogen) atoms. The highest BCUT2D eigenvalue weighted by Gasteiger charge is 2.54. The van der Waals surface area contributed by atoms with Crippen molar-refractivity contribution < 1.29 is 14.6 Å². The summed E-state index contributed by atoms with van der Waals surface area (Å²) in [6.45, 7) is 7.54. The summed E-state index contributed by atoms with van der Waals surface area (Å²) >= 11 is 0. The van der Waals surface area contributed by atoms with Crippen LogP contribution in [0.2, 0.25) is 0 Å². The summed E-state index contributed by atoms with van der Waals surface area (Å²) in [6.07, 6.45) is 5.78. The molecule has 1 saturated heterocycles. The second kappa shape index (κ2) is 4.39. The smallest absolute Gasteiger partial charge is 0.165 e. The molecule has 1 fully saturated rings. The van der Waals surface area contributed by atoms with Crippen molar-refractivity contribution >= 4 is 5.78 Å². The molecular formula is C15H20O3. The van der Waals surface area contributed by atoms with Crippen LogP contribution in [-0.2, 0) is 9.53 Å². The second-order valence-electron chi connectivity index (χ2n) is 5.65. The SMILES string of the molecule is CC(C)=C/C=C1/O[C@@H]2CC(C)=CC(=O)[C@@H]2[C@]1(C)O. The molecule has 0 amide bonds. The molecule has 0 spiro atoms. The normalized spacial score (nSPS) is 37.1. The number of hydrogen-bond acceptors (Lipinski definition) is 3. The van der Waals surface area contributed by atoms with E-state index in [9.17, 15) is 9.90 Å². The monoisotopic (exact) mass is 248 g/mol. The number of carbonyl (C=O) groups excluding carboxylic acids is 1. The highest BCUT2D eigenvalue weighted by molar-refractivity contribution is 5.95. The quantitative estimate of drug-likeness (QED) is 0.775. The van der Waals surface area contributed by atoms with Crippen molar-refractivity contribution in [3.8, 4) is 0 Å². The van der Waals surface area contributed by atoms with E-state index in [1.54, 1.807) is 19.1 Å². The lowest BCUT2D eigenvalue weighted by Gasteiger charge is -2.26. The van der Waals surface area contributed by atoms with Crippen molar-refractivity contribution in [2.45, 2.75) is 45.8 Å². The first-order valence-electron chi connectivity index (χ1n) is 6.28. The predicted octanol–water partition coefficient (Wildman–Crippen LogP) is 2.52. The molecule has 0 aromatic rings. The Morgan fingerprint density at radius 2 is 2.22 bits per heavy atom. The fourth-order valence-electron chi connectivity index (χ4n) is 2.64. The molecule has 1 N–H and O–H groups in total. The Bertz CT molecular complexity index is 462. The number of hydrogen-bond donors (Lipinski definition) is 1. The molecule has 1 heterocycles. The number of allylic oxidation sites excluding steroid dienone is 4. The molecule has 0 aromatic carbocycles. The Balaban J connectivity index is 2.35. The van der Waals surface area contributed by atoms with Crippen LogP contribution >= 0.6 is 0 Å². The summed E-state index contributed by atoms with van der Waals surface area (Å²) in [5, 5.41) is 10.5. The molecule has 1 aliphatic carbocycles. The molecular weight excluding hydrogens is 228 g/mol. The fraction of sp³-hybridized carbons (Fsp3) is 0.533. The van der Waals surface area contributed by atoms with Gasteiger partial charge in [0, 0.05) is 6.42 Å². The lowest BCUT2D eigenvalue weighted by atomic mass is 9.77. The highest BCUT2D eigenvalue weighted by atomic mass is 16.5. The van der Waals surface area contributed by atoms with E-state index >= 15 is 0 Å². The Morgan fingerprint density at radius 1 is 1.56 bits per heavy atom. The molecule has 0 radical (unpaired) electrons. The van der Waals surface area contributed by atoms with Crippen LogP contribution in [0, 0.1) is 5.92 Å². The van der Waals surface area contributed by atoms with E-state index in [0.29, 0.717) is 12.2 Å². The average Bonchev–Trinajstić information content (AvgIpc) is 2.46. The maximum atomic E-state index is 12.0. The first kappa shape index (κ1) is 13.1. The van der Waals surface area contributed by atoms with Gasteiger partial charge in [-0.15, -0.1) is 0 Å². The van der Waals surface area contributed by atoms with Crippen molar-refractivity contribution in [1.82, 2.24) is 0 Å². The van der Waals surface area contributed by atoms with Crippen LogP contribution in [0.25, 0.3) is 0 Å². The van der Waals surface area contributed by atoms with Gasteiger partial charge in [-0.2, -0.15) is 0 Å². The van der Waals surface area contributed by atoms with Gasteiger partial charge in [0.25, 0.3) is 0 Å². The molecule has 2 aliphatic rings. The maximum absolute atomic E-state index is 12.0. The van der Waals surface area contributed by atoms with Crippen molar-refractivity contribution in [2.24, 2.45) is 5.92 Å². The van der Waals surface area contributed by atoms with E-state index in [4.69, 9.17) is 4.74 Å². The zero-order chi connectivity index (χ0) is 13.5. The Labute approximate surface area is 108 Å². The van der Waals surface area contributed by atoms with Gasteiger partial charge < -0.3 is 9.84 Å². The minimum Gasteiger partial charge on any atom is -0.490 e.